The Morgan fingerprint density at radius 2 is 1.80 bits per heavy atom. The molecule has 1 saturated heterocycles. The van der Waals surface area contributed by atoms with Crippen LogP contribution in [0.1, 0.15) is 25.0 Å². The molecule has 0 atom stereocenters. The second kappa shape index (κ2) is 5.19. The molecule has 0 bridgehead atoms. The van der Waals surface area contributed by atoms with Crippen LogP contribution in [0.3, 0.4) is 0 Å². The molecule has 1 aliphatic heterocycles. The average Bonchev–Trinajstić information content (AvgIpc) is 2.37. The zero-order chi connectivity index (χ0) is 14.2. The Morgan fingerprint density at radius 1 is 1.10 bits per heavy atom. The molecule has 0 saturated carbocycles. The molecule has 1 aliphatic rings. The van der Waals surface area contributed by atoms with E-state index in [0.717, 1.165) is 19.8 Å². The number of ether oxygens (including phenoxy) is 1. The number of fused-ring (bicyclic) bond motifs is 1. The molecular weight excluding hydrogens is 246 g/mol. The first-order valence-electron chi connectivity index (χ1n) is 7.41. The van der Waals surface area contributed by atoms with Crippen LogP contribution in [0.5, 0.6) is 0 Å². The number of hydrogen-bond donors (Lipinski definition) is 1. The van der Waals surface area contributed by atoms with Gasteiger partial charge in [-0.1, -0.05) is 55.8 Å². The highest BCUT2D eigenvalue weighted by Crippen LogP contribution is 2.33. The molecular formula is C18H23NO. The predicted molar refractivity (Wildman–Crippen MR) is 84.3 cm³/mol. The van der Waals surface area contributed by atoms with E-state index in [9.17, 15) is 0 Å². The Bertz CT molecular complexity index is 614. The fraction of sp³-hybridized carbons (Fsp3) is 0.444. The van der Waals surface area contributed by atoms with Gasteiger partial charge < -0.3 is 10.1 Å². The molecule has 2 nitrogen and oxygen atoms in total. The lowest BCUT2D eigenvalue weighted by Gasteiger charge is -2.42. The fourth-order valence-corrected chi connectivity index (χ4v) is 2.81. The smallest absolute Gasteiger partial charge is 0.0598 e. The minimum absolute atomic E-state index is 0.156. The van der Waals surface area contributed by atoms with Gasteiger partial charge in [0.05, 0.1) is 18.6 Å². The first-order valence-corrected chi connectivity index (χ1v) is 7.41. The predicted octanol–water partition coefficient (Wildman–Crippen LogP) is 3.41. The summed E-state index contributed by atoms with van der Waals surface area (Å²) in [7, 11) is 0. The summed E-state index contributed by atoms with van der Waals surface area (Å²) in [4.78, 5) is 0. The summed E-state index contributed by atoms with van der Waals surface area (Å²) < 4.78 is 5.52. The molecule has 0 aromatic heterocycles. The van der Waals surface area contributed by atoms with Gasteiger partial charge in [-0.3, -0.25) is 0 Å². The van der Waals surface area contributed by atoms with Gasteiger partial charge in [0.25, 0.3) is 0 Å². The van der Waals surface area contributed by atoms with Gasteiger partial charge in [0.1, 0.15) is 0 Å². The maximum atomic E-state index is 5.52. The largest absolute Gasteiger partial charge is 0.379 e. The van der Waals surface area contributed by atoms with Crippen molar-refractivity contribution in [2.75, 3.05) is 19.8 Å². The molecule has 20 heavy (non-hydrogen) atoms. The van der Waals surface area contributed by atoms with E-state index >= 15 is 0 Å². The lowest BCUT2D eigenvalue weighted by Crippen LogP contribution is -2.54. The van der Waals surface area contributed by atoms with Crippen molar-refractivity contribution in [3.05, 3.63) is 47.5 Å². The van der Waals surface area contributed by atoms with E-state index in [0.29, 0.717) is 6.04 Å². The van der Waals surface area contributed by atoms with E-state index in [4.69, 9.17) is 4.74 Å². The molecule has 2 heteroatoms. The standard InChI is InChI=1S/C18H23NO/c1-13(2)19-10-18(11-20-12-18)17-7-6-15-8-14(3)4-5-16(15)9-17/h4-9,13,19H,10-12H2,1-3H3. The molecule has 3 rings (SSSR count). The van der Waals surface area contributed by atoms with Crippen LogP contribution in [0.15, 0.2) is 36.4 Å². The zero-order valence-electron chi connectivity index (χ0n) is 12.6. The molecule has 0 aliphatic carbocycles. The van der Waals surface area contributed by atoms with Crippen LogP contribution in [-0.4, -0.2) is 25.8 Å². The molecule has 2 aromatic rings. The first kappa shape index (κ1) is 13.6. The number of benzene rings is 2. The minimum Gasteiger partial charge on any atom is -0.379 e. The van der Waals surface area contributed by atoms with Gasteiger partial charge in [0.2, 0.25) is 0 Å². The van der Waals surface area contributed by atoms with E-state index in [1.807, 2.05) is 0 Å². The molecule has 2 aromatic carbocycles. The minimum atomic E-state index is 0.156. The Kier molecular flexibility index (Phi) is 3.53. The molecule has 0 unspecified atom stereocenters. The monoisotopic (exact) mass is 269 g/mol. The van der Waals surface area contributed by atoms with Gasteiger partial charge in [-0.25, -0.2) is 0 Å². The summed E-state index contributed by atoms with van der Waals surface area (Å²) in [5, 5.41) is 6.21. The summed E-state index contributed by atoms with van der Waals surface area (Å²) >= 11 is 0. The van der Waals surface area contributed by atoms with Gasteiger partial charge in [0.15, 0.2) is 0 Å². The van der Waals surface area contributed by atoms with Crippen LogP contribution in [-0.2, 0) is 10.2 Å². The number of rotatable bonds is 4. The molecule has 1 fully saturated rings. The third kappa shape index (κ3) is 2.46. The Hall–Kier alpha value is -1.38. The SMILES string of the molecule is Cc1ccc2cc(C3(CNC(C)C)COC3)ccc2c1. The van der Waals surface area contributed by atoms with Crippen LogP contribution in [0.25, 0.3) is 10.8 Å². The van der Waals surface area contributed by atoms with Crippen molar-refractivity contribution in [2.24, 2.45) is 0 Å². The Labute approximate surface area is 121 Å². The number of hydrogen-bond acceptors (Lipinski definition) is 2. The van der Waals surface area contributed by atoms with Gasteiger partial charge in [-0.15, -0.1) is 0 Å². The van der Waals surface area contributed by atoms with Crippen molar-refractivity contribution in [2.45, 2.75) is 32.2 Å². The van der Waals surface area contributed by atoms with Crippen LogP contribution >= 0.6 is 0 Å². The van der Waals surface area contributed by atoms with E-state index in [1.165, 1.54) is 21.9 Å². The van der Waals surface area contributed by atoms with Gasteiger partial charge >= 0.3 is 0 Å². The maximum absolute atomic E-state index is 5.52. The average molecular weight is 269 g/mol. The number of nitrogens with one attached hydrogen (secondary N) is 1. The second-order valence-corrected chi connectivity index (χ2v) is 6.37. The van der Waals surface area contributed by atoms with Crippen molar-refractivity contribution < 1.29 is 4.74 Å². The van der Waals surface area contributed by atoms with E-state index in [-0.39, 0.29) is 5.41 Å². The topological polar surface area (TPSA) is 21.3 Å². The highest BCUT2D eigenvalue weighted by molar-refractivity contribution is 5.84. The van der Waals surface area contributed by atoms with Crippen molar-refractivity contribution in [3.63, 3.8) is 0 Å². The Balaban J connectivity index is 1.93. The highest BCUT2D eigenvalue weighted by atomic mass is 16.5. The summed E-state index contributed by atoms with van der Waals surface area (Å²) in [5.74, 6) is 0. The lowest BCUT2D eigenvalue weighted by molar-refractivity contribution is -0.0596. The maximum Gasteiger partial charge on any atom is 0.0598 e. The number of aryl methyl sites for hydroxylation is 1. The van der Waals surface area contributed by atoms with Crippen LogP contribution in [0.4, 0.5) is 0 Å². The van der Waals surface area contributed by atoms with E-state index in [2.05, 4.69) is 62.5 Å². The van der Waals surface area contributed by atoms with Crippen LogP contribution < -0.4 is 5.32 Å². The highest BCUT2D eigenvalue weighted by Gasteiger charge is 2.40. The van der Waals surface area contributed by atoms with E-state index < -0.39 is 0 Å². The summed E-state index contributed by atoms with van der Waals surface area (Å²) in [6, 6.07) is 14.0. The molecule has 106 valence electrons. The molecule has 0 amide bonds. The summed E-state index contributed by atoms with van der Waals surface area (Å²) in [6.07, 6.45) is 0. The molecule has 1 N–H and O–H groups in total. The van der Waals surface area contributed by atoms with Crippen molar-refractivity contribution in [1.82, 2.24) is 5.32 Å². The Morgan fingerprint density at radius 3 is 2.45 bits per heavy atom. The van der Waals surface area contributed by atoms with Crippen molar-refractivity contribution >= 4 is 10.8 Å². The first-order chi connectivity index (χ1) is 9.59. The molecule has 0 radical (unpaired) electrons. The van der Waals surface area contributed by atoms with Crippen LogP contribution in [0, 0.1) is 6.92 Å². The summed E-state index contributed by atoms with van der Waals surface area (Å²) in [5.41, 5.74) is 2.87. The van der Waals surface area contributed by atoms with Gasteiger partial charge in [0, 0.05) is 12.6 Å². The lowest BCUT2D eigenvalue weighted by atomic mass is 9.77. The summed E-state index contributed by atoms with van der Waals surface area (Å²) in [6.45, 7) is 9.16. The molecule has 1 heterocycles. The molecule has 0 spiro atoms. The normalized spacial score (nSPS) is 17.4. The van der Waals surface area contributed by atoms with Crippen molar-refractivity contribution in [1.29, 1.82) is 0 Å². The van der Waals surface area contributed by atoms with Gasteiger partial charge in [-0.2, -0.15) is 0 Å². The van der Waals surface area contributed by atoms with E-state index in [1.54, 1.807) is 0 Å². The van der Waals surface area contributed by atoms with Crippen LogP contribution in [0.2, 0.25) is 0 Å². The van der Waals surface area contributed by atoms with Gasteiger partial charge in [-0.05, 0) is 23.3 Å². The fourth-order valence-electron chi connectivity index (χ4n) is 2.81. The van der Waals surface area contributed by atoms with Crippen molar-refractivity contribution in [3.8, 4) is 0 Å². The third-order valence-electron chi connectivity index (χ3n) is 4.21. The quantitative estimate of drug-likeness (QED) is 0.918. The zero-order valence-corrected chi connectivity index (χ0v) is 12.6. The third-order valence-corrected chi connectivity index (χ3v) is 4.21. The second-order valence-electron chi connectivity index (χ2n) is 6.37.